The molecule has 1 aliphatic heterocycles. The van der Waals surface area contributed by atoms with Crippen LogP contribution in [0.5, 0.6) is 11.5 Å². The van der Waals surface area contributed by atoms with E-state index in [9.17, 15) is 4.79 Å². The third-order valence-electron chi connectivity index (χ3n) is 4.69. The van der Waals surface area contributed by atoms with Gasteiger partial charge in [0, 0.05) is 24.4 Å². The van der Waals surface area contributed by atoms with E-state index in [0.29, 0.717) is 35.2 Å². The Labute approximate surface area is 163 Å². The highest BCUT2D eigenvalue weighted by Gasteiger charge is 2.26. The van der Waals surface area contributed by atoms with Gasteiger partial charge in [0.1, 0.15) is 29.3 Å². The Morgan fingerprint density at radius 2 is 1.93 bits per heavy atom. The number of ether oxygens (including phenoxy) is 2. The van der Waals surface area contributed by atoms with E-state index in [1.165, 1.54) is 11.9 Å². The van der Waals surface area contributed by atoms with Gasteiger partial charge in [0.2, 0.25) is 0 Å². The summed E-state index contributed by atoms with van der Waals surface area (Å²) in [5.74, 6) is 1.67. The Morgan fingerprint density at radius 3 is 2.75 bits per heavy atom. The normalized spacial score (nSPS) is 12.4. The average molecular weight is 376 g/mol. The van der Waals surface area contributed by atoms with E-state index in [1.54, 1.807) is 37.3 Å². The largest absolute Gasteiger partial charge is 0.497 e. The molecule has 0 bridgehead atoms. The predicted octanol–water partition coefficient (Wildman–Crippen LogP) is 3.44. The first-order chi connectivity index (χ1) is 13.7. The van der Waals surface area contributed by atoms with Gasteiger partial charge in [0.05, 0.1) is 19.9 Å². The molecule has 1 aromatic heterocycles. The lowest BCUT2D eigenvalue weighted by Gasteiger charge is -2.17. The number of hydrogen-bond donors (Lipinski definition) is 1. The van der Waals surface area contributed by atoms with Gasteiger partial charge in [-0.2, -0.15) is 0 Å². The lowest BCUT2D eigenvalue weighted by atomic mass is 10.2. The van der Waals surface area contributed by atoms with Crippen molar-refractivity contribution in [2.24, 2.45) is 0 Å². The van der Waals surface area contributed by atoms with Crippen LogP contribution in [0.25, 0.3) is 0 Å². The van der Waals surface area contributed by atoms with Crippen molar-refractivity contribution in [2.45, 2.75) is 6.42 Å². The Kier molecular flexibility index (Phi) is 4.80. The van der Waals surface area contributed by atoms with E-state index in [0.717, 1.165) is 12.1 Å². The predicted molar refractivity (Wildman–Crippen MR) is 107 cm³/mol. The number of amides is 1. The molecular weight excluding hydrogens is 356 g/mol. The fourth-order valence-corrected chi connectivity index (χ4v) is 3.28. The van der Waals surface area contributed by atoms with Crippen molar-refractivity contribution in [3.05, 3.63) is 66.1 Å². The minimum Gasteiger partial charge on any atom is -0.497 e. The van der Waals surface area contributed by atoms with Crippen molar-refractivity contribution in [3.8, 4) is 11.5 Å². The summed E-state index contributed by atoms with van der Waals surface area (Å²) in [7, 11) is 3.19. The summed E-state index contributed by atoms with van der Waals surface area (Å²) in [6.07, 6.45) is 2.23. The number of aromatic nitrogens is 2. The number of anilines is 3. The molecule has 0 spiro atoms. The van der Waals surface area contributed by atoms with Gasteiger partial charge in [0.15, 0.2) is 0 Å². The molecule has 0 unspecified atom stereocenters. The van der Waals surface area contributed by atoms with Crippen molar-refractivity contribution in [3.63, 3.8) is 0 Å². The molecule has 7 nitrogen and oxygen atoms in total. The van der Waals surface area contributed by atoms with Crippen LogP contribution in [0, 0.1) is 0 Å². The second-order valence-electron chi connectivity index (χ2n) is 6.32. The van der Waals surface area contributed by atoms with Crippen LogP contribution in [0.1, 0.15) is 16.1 Å². The van der Waals surface area contributed by atoms with Gasteiger partial charge in [-0.15, -0.1) is 0 Å². The zero-order valence-electron chi connectivity index (χ0n) is 15.7. The van der Waals surface area contributed by atoms with Crippen molar-refractivity contribution in [1.29, 1.82) is 0 Å². The number of methoxy groups -OCH3 is 2. The van der Waals surface area contributed by atoms with Crippen LogP contribution < -0.4 is 19.7 Å². The highest BCUT2D eigenvalue weighted by molar-refractivity contribution is 6.06. The van der Waals surface area contributed by atoms with Crippen LogP contribution in [0.2, 0.25) is 0 Å². The quantitative estimate of drug-likeness (QED) is 0.735. The smallest absolute Gasteiger partial charge is 0.277 e. The van der Waals surface area contributed by atoms with Crippen molar-refractivity contribution in [2.75, 3.05) is 31.0 Å². The molecule has 0 aliphatic carbocycles. The van der Waals surface area contributed by atoms with Crippen molar-refractivity contribution < 1.29 is 14.3 Å². The van der Waals surface area contributed by atoms with Gasteiger partial charge < -0.3 is 19.7 Å². The lowest BCUT2D eigenvalue weighted by molar-refractivity contribution is 0.0984. The summed E-state index contributed by atoms with van der Waals surface area (Å²) >= 11 is 0. The molecule has 0 saturated heterocycles. The molecule has 2 aromatic carbocycles. The maximum Gasteiger partial charge on any atom is 0.277 e. The van der Waals surface area contributed by atoms with Crippen molar-refractivity contribution in [1.82, 2.24) is 9.97 Å². The molecule has 28 heavy (non-hydrogen) atoms. The Bertz CT molecular complexity index is 1020. The first kappa shape index (κ1) is 17.8. The van der Waals surface area contributed by atoms with Crippen LogP contribution in [0.3, 0.4) is 0 Å². The van der Waals surface area contributed by atoms with Gasteiger partial charge >= 0.3 is 0 Å². The number of para-hydroxylation sites is 1. The van der Waals surface area contributed by atoms with E-state index < -0.39 is 0 Å². The SMILES string of the molecule is COc1ccc(OC)c(Nc2cc(C(=O)N3CCc4ccccc43)ncn2)c1. The number of nitrogens with zero attached hydrogens (tertiary/aromatic N) is 3. The Balaban J connectivity index is 1.60. The molecule has 0 fully saturated rings. The second-order valence-corrected chi connectivity index (χ2v) is 6.32. The molecule has 0 atom stereocenters. The van der Waals surface area contributed by atoms with E-state index in [-0.39, 0.29) is 5.91 Å². The number of carbonyl (C=O) groups is 1. The van der Waals surface area contributed by atoms with Crippen LogP contribution >= 0.6 is 0 Å². The van der Waals surface area contributed by atoms with Crippen molar-refractivity contribution >= 4 is 23.1 Å². The fraction of sp³-hybridized carbons (Fsp3) is 0.190. The minimum absolute atomic E-state index is 0.145. The maximum absolute atomic E-state index is 13.0. The van der Waals surface area contributed by atoms with E-state index >= 15 is 0 Å². The lowest BCUT2D eigenvalue weighted by Crippen LogP contribution is -2.29. The second kappa shape index (κ2) is 7.56. The Hall–Kier alpha value is -3.61. The summed E-state index contributed by atoms with van der Waals surface area (Å²) in [5, 5.41) is 3.18. The molecule has 1 amide bonds. The summed E-state index contributed by atoms with van der Waals surface area (Å²) in [6, 6.07) is 15.0. The zero-order valence-corrected chi connectivity index (χ0v) is 15.7. The van der Waals surface area contributed by atoms with Crippen LogP contribution in [-0.4, -0.2) is 36.6 Å². The van der Waals surface area contributed by atoms with Crippen LogP contribution in [0.15, 0.2) is 54.9 Å². The maximum atomic E-state index is 13.0. The molecule has 4 rings (SSSR count). The number of hydrogen-bond acceptors (Lipinski definition) is 6. The number of carbonyl (C=O) groups excluding carboxylic acids is 1. The summed E-state index contributed by atoms with van der Waals surface area (Å²) < 4.78 is 10.6. The van der Waals surface area contributed by atoms with E-state index in [2.05, 4.69) is 15.3 Å². The van der Waals surface area contributed by atoms with E-state index in [4.69, 9.17) is 9.47 Å². The highest BCUT2D eigenvalue weighted by Crippen LogP contribution is 2.32. The summed E-state index contributed by atoms with van der Waals surface area (Å²) in [6.45, 7) is 0.647. The van der Waals surface area contributed by atoms with Crippen LogP contribution in [-0.2, 0) is 6.42 Å². The molecular formula is C21H20N4O3. The molecule has 0 radical (unpaired) electrons. The fourth-order valence-electron chi connectivity index (χ4n) is 3.28. The monoisotopic (exact) mass is 376 g/mol. The summed E-state index contributed by atoms with van der Waals surface area (Å²) in [4.78, 5) is 23.2. The summed E-state index contributed by atoms with van der Waals surface area (Å²) in [5.41, 5.74) is 3.13. The molecule has 142 valence electrons. The molecule has 7 heteroatoms. The highest BCUT2D eigenvalue weighted by atomic mass is 16.5. The average Bonchev–Trinajstić information content (AvgIpc) is 3.17. The number of benzene rings is 2. The number of nitrogens with one attached hydrogen (secondary N) is 1. The first-order valence-corrected chi connectivity index (χ1v) is 8.90. The number of rotatable bonds is 5. The van der Waals surface area contributed by atoms with Gasteiger partial charge in [-0.3, -0.25) is 4.79 Å². The van der Waals surface area contributed by atoms with Gasteiger partial charge in [-0.05, 0) is 30.2 Å². The zero-order chi connectivity index (χ0) is 19.5. The third-order valence-corrected chi connectivity index (χ3v) is 4.69. The van der Waals surface area contributed by atoms with Gasteiger partial charge in [-0.25, -0.2) is 9.97 Å². The topological polar surface area (TPSA) is 76.6 Å². The molecule has 1 N–H and O–H groups in total. The van der Waals surface area contributed by atoms with Gasteiger partial charge in [-0.1, -0.05) is 18.2 Å². The molecule has 1 aliphatic rings. The van der Waals surface area contributed by atoms with Gasteiger partial charge in [0.25, 0.3) is 5.91 Å². The first-order valence-electron chi connectivity index (χ1n) is 8.90. The number of fused-ring (bicyclic) bond motifs is 1. The standard InChI is InChI=1S/C21H20N4O3/c1-27-15-7-8-19(28-2)16(11-15)24-20-12-17(22-13-23-20)21(26)25-10-9-14-5-3-4-6-18(14)25/h3-8,11-13H,9-10H2,1-2H3,(H,22,23,24). The molecule has 3 aromatic rings. The molecule has 2 heterocycles. The Morgan fingerprint density at radius 1 is 1.07 bits per heavy atom. The molecule has 0 saturated carbocycles. The minimum atomic E-state index is -0.145. The van der Waals surface area contributed by atoms with E-state index in [1.807, 2.05) is 30.3 Å². The third kappa shape index (κ3) is 3.34. The van der Waals surface area contributed by atoms with Crippen LogP contribution in [0.4, 0.5) is 17.2 Å².